The van der Waals surface area contributed by atoms with Gasteiger partial charge in [-0.05, 0) is 80.7 Å². The molecule has 0 atom stereocenters. The van der Waals surface area contributed by atoms with Crippen LogP contribution in [0.15, 0.2) is 5.11 Å². The van der Waals surface area contributed by atoms with Crippen LogP contribution < -0.4 is 5.32 Å². The van der Waals surface area contributed by atoms with Gasteiger partial charge in [0.2, 0.25) is 5.91 Å². The Balaban J connectivity index is 5.59. The minimum atomic E-state index is -1.21. The fourth-order valence-electron chi connectivity index (χ4n) is 3.73. The van der Waals surface area contributed by atoms with Crippen LogP contribution in [0.25, 0.3) is 10.4 Å². The van der Waals surface area contributed by atoms with Gasteiger partial charge in [0.15, 0.2) is 0 Å². The highest BCUT2D eigenvalue weighted by molar-refractivity contribution is 5.77. The molecule has 14 heteroatoms. The van der Waals surface area contributed by atoms with E-state index in [0.717, 1.165) is 0 Å². The molecule has 0 aliphatic rings. The summed E-state index contributed by atoms with van der Waals surface area (Å²) in [6.07, 6.45) is 2.05. The van der Waals surface area contributed by atoms with Crippen molar-refractivity contribution < 1.29 is 47.6 Å². The Hall–Kier alpha value is -2.93. The largest absolute Gasteiger partial charge is 0.460 e. The molecule has 1 amide bonds. The van der Waals surface area contributed by atoms with Gasteiger partial charge in [0, 0.05) is 17.9 Å². The van der Waals surface area contributed by atoms with E-state index in [1.54, 1.807) is 62.3 Å². The van der Waals surface area contributed by atoms with E-state index in [1.165, 1.54) is 0 Å². The van der Waals surface area contributed by atoms with Crippen LogP contribution in [0.2, 0.25) is 0 Å². The molecule has 1 N–H and O–H groups in total. The fourth-order valence-corrected chi connectivity index (χ4v) is 3.73. The van der Waals surface area contributed by atoms with E-state index in [-0.39, 0.29) is 71.2 Å². The van der Waals surface area contributed by atoms with Crippen molar-refractivity contribution in [3.05, 3.63) is 10.4 Å². The standard InChI is InChI=1S/C31H56N4O10/c1-28(2,3)43-25(37)14-18-40-21-31(22-41-19-15-26(38)44-29(4,5)6,23-42-20-16-27(39)45-30(7,8)9)34-24(36)13-11-10-12-17-33-35-32/h10-23H2,1-9H3,(H,34,36). The predicted octanol–water partition coefficient (Wildman–Crippen LogP) is 4.96. The molecule has 0 heterocycles. The van der Waals surface area contributed by atoms with Crippen molar-refractivity contribution in [1.29, 1.82) is 0 Å². The lowest BCUT2D eigenvalue weighted by molar-refractivity contribution is -0.157. The molecule has 0 aliphatic carbocycles. The number of hydrogen-bond donors (Lipinski definition) is 1. The van der Waals surface area contributed by atoms with Gasteiger partial charge in [0.25, 0.3) is 0 Å². The zero-order valence-electron chi connectivity index (χ0n) is 28.8. The number of amides is 1. The van der Waals surface area contributed by atoms with E-state index in [0.29, 0.717) is 25.8 Å². The van der Waals surface area contributed by atoms with Crippen molar-refractivity contribution in [2.45, 2.75) is 130 Å². The maximum atomic E-state index is 13.1. The summed E-state index contributed by atoms with van der Waals surface area (Å²) in [6.45, 7) is 16.1. The number of esters is 3. The molecule has 0 saturated heterocycles. The van der Waals surface area contributed by atoms with Crippen molar-refractivity contribution in [2.24, 2.45) is 5.11 Å². The van der Waals surface area contributed by atoms with Gasteiger partial charge in [-0.15, -0.1) is 0 Å². The molecule has 0 fully saturated rings. The number of carbonyl (C=O) groups excluding carboxylic acids is 4. The van der Waals surface area contributed by atoms with E-state index in [2.05, 4.69) is 15.3 Å². The Bertz CT molecular complexity index is 873. The third kappa shape index (κ3) is 26.0. The first-order valence-electron chi connectivity index (χ1n) is 15.5. The first-order valence-corrected chi connectivity index (χ1v) is 15.5. The lowest BCUT2D eigenvalue weighted by atomic mass is 10.0. The summed E-state index contributed by atoms with van der Waals surface area (Å²) in [5.74, 6) is -1.58. The molecule has 260 valence electrons. The summed E-state index contributed by atoms with van der Waals surface area (Å²) in [4.78, 5) is 52.3. The molecule has 0 aromatic carbocycles. The summed E-state index contributed by atoms with van der Waals surface area (Å²) >= 11 is 0. The molecular weight excluding hydrogens is 588 g/mol. The summed E-state index contributed by atoms with van der Waals surface area (Å²) in [5, 5.41) is 6.47. The fraction of sp³-hybridized carbons (Fsp3) is 0.871. The zero-order valence-corrected chi connectivity index (χ0v) is 28.8. The van der Waals surface area contributed by atoms with E-state index < -0.39 is 40.2 Å². The van der Waals surface area contributed by atoms with E-state index >= 15 is 0 Å². The summed E-state index contributed by atoms with van der Waals surface area (Å²) in [7, 11) is 0. The third-order valence-corrected chi connectivity index (χ3v) is 5.38. The Labute approximate surface area is 268 Å². The normalized spacial score (nSPS) is 12.2. The van der Waals surface area contributed by atoms with Gasteiger partial charge < -0.3 is 33.7 Å². The van der Waals surface area contributed by atoms with Crippen molar-refractivity contribution in [3.63, 3.8) is 0 Å². The van der Waals surface area contributed by atoms with Crippen molar-refractivity contribution in [2.75, 3.05) is 46.2 Å². The van der Waals surface area contributed by atoms with Crippen LogP contribution in [-0.2, 0) is 47.6 Å². The molecule has 0 spiro atoms. The summed E-state index contributed by atoms with van der Waals surface area (Å²) < 4.78 is 33.5. The molecule has 0 bridgehead atoms. The predicted molar refractivity (Wildman–Crippen MR) is 167 cm³/mol. The third-order valence-electron chi connectivity index (χ3n) is 5.38. The number of hydrogen-bond acceptors (Lipinski definition) is 11. The van der Waals surface area contributed by atoms with Gasteiger partial charge in [-0.25, -0.2) is 0 Å². The highest BCUT2D eigenvalue weighted by Crippen LogP contribution is 2.15. The van der Waals surface area contributed by atoms with Gasteiger partial charge in [-0.1, -0.05) is 11.5 Å². The van der Waals surface area contributed by atoms with Crippen LogP contribution in [0, 0.1) is 0 Å². The van der Waals surface area contributed by atoms with Crippen molar-refractivity contribution >= 4 is 23.8 Å². The first kappa shape index (κ1) is 42.1. The average Bonchev–Trinajstić information content (AvgIpc) is 2.86. The molecule has 0 aromatic heterocycles. The lowest BCUT2D eigenvalue weighted by Gasteiger charge is -2.34. The van der Waals surface area contributed by atoms with Gasteiger partial charge in [-0.3, -0.25) is 19.2 Å². The number of carbonyl (C=O) groups is 4. The number of rotatable bonds is 22. The van der Waals surface area contributed by atoms with Crippen LogP contribution in [0.3, 0.4) is 0 Å². The van der Waals surface area contributed by atoms with E-state index in [1.807, 2.05) is 0 Å². The molecule has 14 nitrogen and oxygen atoms in total. The molecule has 0 saturated carbocycles. The number of unbranched alkanes of at least 4 members (excludes halogenated alkanes) is 2. The molecule has 0 aliphatic heterocycles. The van der Waals surface area contributed by atoms with Crippen molar-refractivity contribution in [1.82, 2.24) is 5.32 Å². The van der Waals surface area contributed by atoms with Crippen LogP contribution in [0.1, 0.15) is 107 Å². The maximum Gasteiger partial charge on any atom is 0.308 e. The highest BCUT2D eigenvalue weighted by atomic mass is 16.6. The van der Waals surface area contributed by atoms with Gasteiger partial charge in [0.05, 0.1) is 58.9 Å². The Kier molecular flexibility index (Phi) is 19.6. The first-order chi connectivity index (χ1) is 20.8. The second kappa shape index (κ2) is 21.0. The van der Waals surface area contributed by atoms with E-state index in [4.69, 9.17) is 34.0 Å². The highest BCUT2D eigenvalue weighted by Gasteiger charge is 2.34. The zero-order chi connectivity index (χ0) is 34.6. The van der Waals surface area contributed by atoms with Gasteiger partial charge >= 0.3 is 17.9 Å². The van der Waals surface area contributed by atoms with Crippen LogP contribution >= 0.6 is 0 Å². The van der Waals surface area contributed by atoms with Crippen molar-refractivity contribution in [3.8, 4) is 0 Å². The number of ether oxygens (including phenoxy) is 6. The Morgan fingerprint density at radius 1 is 0.600 bits per heavy atom. The minimum absolute atomic E-state index is 0.00845. The average molecular weight is 645 g/mol. The van der Waals surface area contributed by atoms with E-state index in [9.17, 15) is 19.2 Å². The number of nitrogens with zero attached hydrogens (tertiary/aromatic N) is 3. The van der Waals surface area contributed by atoms with Gasteiger partial charge in [-0.2, -0.15) is 0 Å². The van der Waals surface area contributed by atoms with Gasteiger partial charge in [0.1, 0.15) is 22.3 Å². The Morgan fingerprint density at radius 3 is 1.31 bits per heavy atom. The topological polar surface area (TPSA) is 184 Å². The number of azide groups is 1. The number of nitrogens with one attached hydrogen (secondary N) is 1. The molecule has 0 aromatic rings. The summed E-state index contributed by atoms with van der Waals surface area (Å²) in [5.41, 5.74) is 5.30. The Morgan fingerprint density at radius 2 is 0.978 bits per heavy atom. The van der Waals surface area contributed by atoms with Crippen LogP contribution in [-0.4, -0.2) is 92.3 Å². The minimum Gasteiger partial charge on any atom is -0.460 e. The quantitative estimate of drug-likeness (QED) is 0.0422. The van der Waals surface area contributed by atoms with Crippen LogP contribution in [0.4, 0.5) is 0 Å². The molecule has 0 rings (SSSR count). The molecule has 45 heavy (non-hydrogen) atoms. The second-order valence-electron chi connectivity index (χ2n) is 13.8. The monoisotopic (exact) mass is 644 g/mol. The second-order valence-corrected chi connectivity index (χ2v) is 13.8. The molecule has 0 radical (unpaired) electrons. The SMILES string of the molecule is CC(C)(C)OC(=O)CCOCC(COCCC(=O)OC(C)(C)C)(COCCC(=O)OC(C)(C)C)NC(=O)CCCCCN=[N+]=[N-]. The molecule has 0 unspecified atom stereocenters. The smallest absolute Gasteiger partial charge is 0.308 e. The lowest BCUT2D eigenvalue weighted by Crippen LogP contribution is -2.58. The summed E-state index contributed by atoms with van der Waals surface area (Å²) in [6, 6.07) is 0. The van der Waals surface area contributed by atoms with Crippen LogP contribution in [0.5, 0.6) is 0 Å². The maximum absolute atomic E-state index is 13.1. The molecular formula is C31H56N4O10.